The smallest absolute Gasteiger partial charge is 0.493 e. The normalized spacial score (nSPS) is 18.1. The fraction of sp³-hybridized carbons (Fsp3) is 0.429. The quantitative estimate of drug-likeness (QED) is 0.575. The molecule has 0 amide bonds. The first-order valence-corrected chi connectivity index (χ1v) is 9.10. The fourth-order valence-corrected chi connectivity index (χ4v) is 2.87. The van der Waals surface area contributed by atoms with Gasteiger partial charge in [0.15, 0.2) is 0 Å². The molecular weight excluding hydrogens is 330 g/mol. The third kappa shape index (κ3) is 4.10. The van der Waals surface area contributed by atoms with Crippen LogP contribution < -0.4 is 10.2 Å². The van der Waals surface area contributed by atoms with Crippen LogP contribution in [-0.2, 0) is 15.7 Å². The Morgan fingerprint density at radius 1 is 0.962 bits per heavy atom. The van der Waals surface area contributed by atoms with Gasteiger partial charge in [0.05, 0.1) is 17.8 Å². The Morgan fingerprint density at radius 2 is 1.62 bits per heavy atom. The van der Waals surface area contributed by atoms with Crippen molar-refractivity contribution >= 4 is 12.6 Å². The molecule has 0 aliphatic carbocycles. The van der Waals surface area contributed by atoms with Crippen LogP contribution in [0.15, 0.2) is 48.5 Å². The highest BCUT2D eigenvalue weighted by Crippen LogP contribution is 2.36. The standard InChI is InChI=1S/C21H26BFO3/c1-20(2)21(3,4)26-22(25-20)18-13-12-17(15-19(18)23)24-14-8-11-16-9-6-5-7-10-16/h5-7,9-10,12-13,15H,8,11,14H2,1-4H3. The minimum Gasteiger partial charge on any atom is -0.493 e. The molecule has 0 atom stereocenters. The fourth-order valence-electron chi connectivity index (χ4n) is 2.87. The van der Waals surface area contributed by atoms with Crippen LogP contribution in [0.2, 0.25) is 0 Å². The van der Waals surface area contributed by atoms with Crippen LogP contribution in [0.5, 0.6) is 5.75 Å². The summed E-state index contributed by atoms with van der Waals surface area (Å²) in [4.78, 5) is 0. The van der Waals surface area contributed by atoms with Crippen molar-refractivity contribution in [2.45, 2.75) is 51.7 Å². The van der Waals surface area contributed by atoms with Gasteiger partial charge in [-0.1, -0.05) is 36.4 Å². The Labute approximate surface area is 155 Å². The van der Waals surface area contributed by atoms with E-state index in [0.717, 1.165) is 12.8 Å². The molecule has 5 heteroatoms. The molecule has 2 aromatic carbocycles. The van der Waals surface area contributed by atoms with Crippen molar-refractivity contribution in [3.8, 4) is 5.75 Å². The van der Waals surface area contributed by atoms with Crippen molar-refractivity contribution in [1.82, 2.24) is 0 Å². The van der Waals surface area contributed by atoms with Gasteiger partial charge in [0.2, 0.25) is 0 Å². The summed E-state index contributed by atoms with van der Waals surface area (Å²) in [5, 5.41) is 0. The molecule has 0 spiro atoms. The Hall–Kier alpha value is -1.85. The van der Waals surface area contributed by atoms with E-state index >= 15 is 0 Å². The summed E-state index contributed by atoms with van der Waals surface area (Å²) in [6, 6.07) is 15.1. The number of benzene rings is 2. The van der Waals surface area contributed by atoms with E-state index in [-0.39, 0.29) is 5.82 Å². The van der Waals surface area contributed by atoms with Crippen molar-refractivity contribution < 1.29 is 18.4 Å². The number of ether oxygens (including phenoxy) is 1. The first kappa shape index (κ1) is 18.9. The molecule has 1 fully saturated rings. The van der Waals surface area contributed by atoms with Crippen LogP contribution in [0.1, 0.15) is 39.7 Å². The third-order valence-corrected chi connectivity index (χ3v) is 5.20. The molecular formula is C21H26BFO3. The Kier molecular flexibility index (Phi) is 5.40. The average Bonchev–Trinajstić information content (AvgIpc) is 2.80. The Balaban J connectivity index is 1.56. The lowest BCUT2D eigenvalue weighted by Crippen LogP contribution is -2.41. The van der Waals surface area contributed by atoms with Crippen LogP contribution in [-0.4, -0.2) is 24.9 Å². The van der Waals surface area contributed by atoms with E-state index in [1.54, 1.807) is 12.1 Å². The van der Waals surface area contributed by atoms with E-state index in [9.17, 15) is 4.39 Å². The van der Waals surface area contributed by atoms with E-state index < -0.39 is 18.3 Å². The van der Waals surface area contributed by atoms with Crippen LogP contribution in [0, 0.1) is 5.82 Å². The molecule has 26 heavy (non-hydrogen) atoms. The lowest BCUT2D eigenvalue weighted by atomic mass is 9.78. The van der Waals surface area contributed by atoms with Gasteiger partial charge in [0.1, 0.15) is 11.6 Å². The van der Waals surface area contributed by atoms with Gasteiger partial charge in [0, 0.05) is 11.5 Å². The van der Waals surface area contributed by atoms with Crippen molar-refractivity contribution in [1.29, 1.82) is 0 Å². The minimum atomic E-state index is -0.702. The molecule has 1 heterocycles. The lowest BCUT2D eigenvalue weighted by molar-refractivity contribution is 0.00578. The van der Waals surface area contributed by atoms with E-state index in [0.29, 0.717) is 17.8 Å². The first-order valence-electron chi connectivity index (χ1n) is 9.10. The van der Waals surface area contributed by atoms with Crippen LogP contribution in [0.25, 0.3) is 0 Å². The number of hydrogen-bond acceptors (Lipinski definition) is 3. The molecule has 3 rings (SSSR count). The molecule has 0 aromatic heterocycles. The number of halogens is 1. The Bertz CT molecular complexity index is 730. The molecule has 0 unspecified atom stereocenters. The zero-order chi connectivity index (χ0) is 18.8. The lowest BCUT2D eigenvalue weighted by Gasteiger charge is -2.32. The van der Waals surface area contributed by atoms with Gasteiger partial charge in [-0.05, 0) is 52.2 Å². The molecule has 1 saturated heterocycles. The van der Waals surface area contributed by atoms with E-state index in [1.807, 2.05) is 45.9 Å². The van der Waals surface area contributed by atoms with Gasteiger partial charge >= 0.3 is 7.12 Å². The van der Waals surface area contributed by atoms with Crippen LogP contribution >= 0.6 is 0 Å². The third-order valence-electron chi connectivity index (χ3n) is 5.20. The molecule has 0 bridgehead atoms. The van der Waals surface area contributed by atoms with Crippen LogP contribution in [0.4, 0.5) is 4.39 Å². The summed E-state index contributed by atoms with van der Waals surface area (Å²) < 4.78 is 32.1. The van der Waals surface area contributed by atoms with Gasteiger partial charge in [0.25, 0.3) is 0 Å². The van der Waals surface area contributed by atoms with Gasteiger partial charge in [-0.15, -0.1) is 0 Å². The molecule has 138 valence electrons. The van der Waals surface area contributed by atoms with E-state index in [1.165, 1.54) is 11.6 Å². The zero-order valence-corrected chi connectivity index (χ0v) is 15.9. The summed E-state index contributed by atoms with van der Waals surface area (Å²) >= 11 is 0. The molecule has 1 aliphatic heterocycles. The second-order valence-corrected chi connectivity index (χ2v) is 7.71. The van der Waals surface area contributed by atoms with Gasteiger partial charge in [-0.2, -0.15) is 0 Å². The summed E-state index contributed by atoms with van der Waals surface area (Å²) in [6.45, 7) is 8.36. The predicted molar refractivity (Wildman–Crippen MR) is 102 cm³/mol. The molecule has 0 radical (unpaired) electrons. The van der Waals surface area contributed by atoms with Gasteiger partial charge in [-0.25, -0.2) is 4.39 Å². The van der Waals surface area contributed by atoms with Crippen molar-refractivity contribution in [3.05, 3.63) is 59.9 Å². The maximum absolute atomic E-state index is 14.5. The van der Waals surface area contributed by atoms with Crippen molar-refractivity contribution in [2.75, 3.05) is 6.61 Å². The summed E-state index contributed by atoms with van der Waals surface area (Å²) in [5.41, 5.74) is 0.701. The van der Waals surface area contributed by atoms with Crippen molar-refractivity contribution in [3.63, 3.8) is 0 Å². The topological polar surface area (TPSA) is 27.7 Å². The maximum atomic E-state index is 14.5. The monoisotopic (exact) mass is 356 g/mol. The molecule has 0 N–H and O–H groups in total. The minimum absolute atomic E-state index is 0.371. The number of aryl methyl sites for hydroxylation is 1. The van der Waals surface area contributed by atoms with E-state index in [2.05, 4.69) is 12.1 Å². The summed E-state index contributed by atoms with van der Waals surface area (Å²) in [5.74, 6) is 0.153. The van der Waals surface area contributed by atoms with Crippen LogP contribution in [0.3, 0.4) is 0 Å². The first-order chi connectivity index (χ1) is 12.3. The van der Waals surface area contributed by atoms with Gasteiger partial charge in [-0.3, -0.25) is 0 Å². The highest BCUT2D eigenvalue weighted by atomic mass is 19.1. The highest BCUT2D eigenvalue weighted by molar-refractivity contribution is 6.62. The van der Waals surface area contributed by atoms with Crippen molar-refractivity contribution in [2.24, 2.45) is 0 Å². The Morgan fingerprint density at radius 3 is 2.23 bits per heavy atom. The highest BCUT2D eigenvalue weighted by Gasteiger charge is 2.52. The molecule has 0 saturated carbocycles. The predicted octanol–water partition coefficient (Wildman–Crippen LogP) is 4.14. The average molecular weight is 356 g/mol. The zero-order valence-electron chi connectivity index (χ0n) is 15.9. The molecule has 3 nitrogen and oxygen atoms in total. The summed E-state index contributed by atoms with van der Waals surface area (Å²) in [6.07, 6.45) is 1.82. The molecule has 2 aromatic rings. The number of rotatable bonds is 6. The second-order valence-electron chi connectivity index (χ2n) is 7.71. The SMILES string of the molecule is CC1(C)OB(c2ccc(OCCCc3ccccc3)cc2F)OC1(C)C. The number of hydrogen-bond donors (Lipinski definition) is 0. The largest absolute Gasteiger partial charge is 0.497 e. The summed E-state index contributed by atoms with van der Waals surface area (Å²) in [7, 11) is -0.702. The second kappa shape index (κ2) is 7.41. The molecule has 1 aliphatic rings. The van der Waals surface area contributed by atoms with Gasteiger partial charge < -0.3 is 14.0 Å². The maximum Gasteiger partial charge on any atom is 0.497 e. The van der Waals surface area contributed by atoms with E-state index in [4.69, 9.17) is 14.0 Å².